The summed E-state index contributed by atoms with van der Waals surface area (Å²) in [7, 11) is 1.28. The van der Waals surface area contributed by atoms with Crippen LogP contribution < -0.4 is 4.74 Å². The van der Waals surface area contributed by atoms with Gasteiger partial charge < -0.3 is 9.64 Å². The fourth-order valence-corrected chi connectivity index (χ4v) is 6.48. The molecule has 0 unspecified atom stereocenters. The van der Waals surface area contributed by atoms with Crippen molar-refractivity contribution in [2.24, 2.45) is 4.40 Å². The first-order valence-corrected chi connectivity index (χ1v) is 14.0. The molecule has 1 aromatic heterocycles. The summed E-state index contributed by atoms with van der Waals surface area (Å²) in [4.78, 5) is 9.36. The lowest BCUT2D eigenvalue weighted by molar-refractivity contribution is 0.222. The van der Waals surface area contributed by atoms with Gasteiger partial charge in [0.25, 0.3) is 10.0 Å². The molecule has 1 aliphatic rings. The number of halogens is 1. The highest BCUT2D eigenvalue weighted by Crippen LogP contribution is 2.37. The fraction of sp³-hybridized carbons (Fsp3) is 0.360. The number of hydrogen-bond acceptors (Lipinski definition) is 6. The number of sulfonamides is 1. The summed E-state index contributed by atoms with van der Waals surface area (Å²) in [5.74, 6) is 0.675. The number of likely N-dealkylation sites (tertiary alicyclic amines) is 1. The molecular formula is C25H29ClN4O3S2. The topological polar surface area (TPSA) is 75.1 Å². The van der Waals surface area contributed by atoms with Crippen LogP contribution in [0.2, 0.25) is 5.02 Å². The highest BCUT2D eigenvalue weighted by Gasteiger charge is 2.23. The highest BCUT2D eigenvalue weighted by atomic mass is 35.5. The predicted octanol–water partition coefficient (Wildman–Crippen LogP) is 4.93. The average Bonchev–Trinajstić information content (AvgIpc) is 2.84. The molecule has 0 radical (unpaired) electrons. The van der Waals surface area contributed by atoms with Gasteiger partial charge in [0, 0.05) is 54.1 Å². The number of ether oxygens (including phenoxy) is 1. The summed E-state index contributed by atoms with van der Waals surface area (Å²) < 4.78 is 34.5. The van der Waals surface area contributed by atoms with Crippen LogP contribution >= 0.6 is 23.4 Å². The molecule has 4 rings (SSSR count). The molecule has 0 N–H and O–H groups in total. The smallest absolute Gasteiger partial charge is 0.283 e. The molecule has 186 valence electrons. The van der Waals surface area contributed by atoms with Crippen LogP contribution in [0.25, 0.3) is 10.8 Å². The minimum atomic E-state index is -3.77. The molecule has 3 aromatic rings. The largest absolute Gasteiger partial charge is 0.496 e. The monoisotopic (exact) mass is 532 g/mol. The Bertz CT molecular complexity index is 1320. The number of fused-ring (bicyclic) bond motifs is 1. The number of nitrogens with zero attached hydrogens (tertiary/aromatic N) is 4. The molecule has 2 heterocycles. The van der Waals surface area contributed by atoms with Crippen molar-refractivity contribution < 1.29 is 13.2 Å². The number of thioether (sulfide) groups is 1. The van der Waals surface area contributed by atoms with Crippen molar-refractivity contribution in [3.05, 3.63) is 59.4 Å². The van der Waals surface area contributed by atoms with E-state index in [2.05, 4.69) is 20.3 Å². The van der Waals surface area contributed by atoms with E-state index in [1.165, 1.54) is 12.4 Å². The Morgan fingerprint density at radius 3 is 2.69 bits per heavy atom. The lowest BCUT2D eigenvalue weighted by Crippen LogP contribution is -2.34. The Kier molecular flexibility index (Phi) is 8.21. The molecule has 0 aliphatic carbocycles. The number of piperidine rings is 1. The van der Waals surface area contributed by atoms with Gasteiger partial charge in [-0.3, -0.25) is 9.88 Å². The summed E-state index contributed by atoms with van der Waals surface area (Å²) >= 11 is 8.38. The molecular weight excluding hydrogens is 504 g/mol. The van der Waals surface area contributed by atoms with E-state index in [1.54, 1.807) is 44.4 Å². The zero-order chi connectivity index (χ0) is 25.0. The molecule has 0 spiro atoms. The molecule has 0 amide bonds. The molecule has 1 fully saturated rings. The zero-order valence-corrected chi connectivity index (χ0v) is 22.4. The van der Waals surface area contributed by atoms with Crippen LogP contribution in [0.4, 0.5) is 0 Å². The lowest BCUT2D eigenvalue weighted by Gasteiger charge is -2.32. The van der Waals surface area contributed by atoms with E-state index in [1.807, 2.05) is 30.1 Å². The molecule has 0 saturated carbocycles. The van der Waals surface area contributed by atoms with Crippen molar-refractivity contribution in [3.8, 4) is 5.75 Å². The first-order chi connectivity index (χ1) is 16.7. The highest BCUT2D eigenvalue weighted by molar-refractivity contribution is 8.00. The van der Waals surface area contributed by atoms with E-state index in [9.17, 15) is 8.42 Å². The minimum absolute atomic E-state index is 0.165. The molecule has 0 bridgehead atoms. The maximum absolute atomic E-state index is 12.6. The first kappa shape index (κ1) is 25.8. The van der Waals surface area contributed by atoms with Crippen LogP contribution in [-0.4, -0.2) is 69.1 Å². The van der Waals surface area contributed by atoms with Crippen molar-refractivity contribution >= 4 is 50.5 Å². The SMILES string of the molecule is COc1ccc(S(=O)(=O)N=CN(C)C)cc1CN1CCC(Sc2cc3ccncc3cc2Cl)CC1. The molecule has 1 aliphatic heterocycles. The van der Waals surface area contributed by atoms with E-state index in [4.69, 9.17) is 16.3 Å². The third kappa shape index (κ3) is 6.46. The third-order valence-electron chi connectivity index (χ3n) is 5.88. The minimum Gasteiger partial charge on any atom is -0.496 e. The van der Waals surface area contributed by atoms with Crippen LogP contribution in [0, 0.1) is 0 Å². The van der Waals surface area contributed by atoms with Crippen LogP contribution in [-0.2, 0) is 16.6 Å². The normalized spacial score (nSPS) is 15.7. The van der Waals surface area contributed by atoms with E-state index >= 15 is 0 Å². The van der Waals surface area contributed by atoms with Gasteiger partial charge in [0.15, 0.2) is 0 Å². The number of pyridine rings is 1. The molecule has 10 heteroatoms. The number of rotatable bonds is 8. The van der Waals surface area contributed by atoms with Gasteiger partial charge in [0.1, 0.15) is 12.1 Å². The van der Waals surface area contributed by atoms with E-state index in [-0.39, 0.29) is 4.90 Å². The van der Waals surface area contributed by atoms with Crippen molar-refractivity contribution in [3.63, 3.8) is 0 Å². The van der Waals surface area contributed by atoms with Gasteiger partial charge in [-0.1, -0.05) is 11.6 Å². The predicted molar refractivity (Wildman–Crippen MR) is 143 cm³/mol. The third-order valence-corrected chi connectivity index (χ3v) is 8.92. The number of aromatic nitrogens is 1. The first-order valence-electron chi connectivity index (χ1n) is 11.3. The summed E-state index contributed by atoms with van der Waals surface area (Å²) in [5.41, 5.74) is 0.839. The van der Waals surface area contributed by atoms with Crippen LogP contribution in [0.3, 0.4) is 0 Å². The summed E-state index contributed by atoms with van der Waals surface area (Å²) in [6, 6.07) is 11.0. The van der Waals surface area contributed by atoms with Gasteiger partial charge in [-0.25, -0.2) is 0 Å². The number of methoxy groups -OCH3 is 1. The van der Waals surface area contributed by atoms with Gasteiger partial charge in [-0.15, -0.1) is 16.2 Å². The Hall–Kier alpha value is -2.33. The Labute approximate surface area is 216 Å². The maximum atomic E-state index is 12.6. The Morgan fingerprint density at radius 2 is 1.97 bits per heavy atom. The van der Waals surface area contributed by atoms with Gasteiger partial charge in [-0.2, -0.15) is 8.42 Å². The lowest BCUT2D eigenvalue weighted by atomic mass is 10.1. The second kappa shape index (κ2) is 11.2. The second-order valence-electron chi connectivity index (χ2n) is 8.73. The number of hydrogen-bond donors (Lipinski definition) is 0. The summed E-state index contributed by atoms with van der Waals surface area (Å²) in [6.07, 6.45) is 6.95. The van der Waals surface area contributed by atoms with Gasteiger partial charge in [0.05, 0.1) is 17.0 Å². The van der Waals surface area contributed by atoms with E-state index in [0.717, 1.165) is 52.2 Å². The van der Waals surface area contributed by atoms with E-state index < -0.39 is 10.0 Å². The molecule has 0 atom stereocenters. The van der Waals surface area contributed by atoms with Crippen molar-refractivity contribution in [2.75, 3.05) is 34.3 Å². The standard InChI is InChI=1S/C25H29ClN4O3S2/c1-29(2)17-28-35(31,32)22-4-5-24(33-3)20(12-22)16-30-10-7-21(8-11-30)34-25-14-18-6-9-27-15-19(18)13-23(25)26/h4-6,9,12-15,17,21H,7-8,10-11,16H2,1-3H3. The van der Waals surface area contributed by atoms with Crippen molar-refractivity contribution in [2.45, 2.75) is 34.4 Å². The molecule has 7 nitrogen and oxygen atoms in total. The quantitative estimate of drug-likeness (QED) is 0.300. The maximum Gasteiger partial charge on any atom is 0.283 e. The van der Waals surface area contributed by atoms with Gasteiger partial charge in [0.2, 0.25) is 0 Å². The molecule has 35 heavy (non-hydrogen) atoms. The molecule has 1 saturated heterocycles. The van der Waals surface area contributed by atoms with Crippen LogP contribution in [0.5, 0.6) is 5.75 Å². The van der Waals surface area contributed by atoms with Gasteiger partial charge >= 0.3 is 0 Å². The summed E-state index contributed by atoms with van der Waals surface area (Å²) in [6.45, 7) is 2.43. The van der Waals surface area contributed by atoms with Crippen LogP contribution in [0.15, 0.2) is 63.0 Å². The number of benzene rings is 2. The van der Waals surface area contributed by atoms with E-state index in [0.29, 0.717) is 17.5 Å². The average molecular weight is 533 g/mol. The van der Waals surface area contributed by atoms with Gasteiger partial charge in [-0.05, 0) is 67.7 Å². The second-order valence-corrected chi connectivity index (χ2v) is 12.1. The van der Waals surface area contributed by atoms with Crippen molar-refractivity contribution in [1.82, 2.24) is 14.8 Å². The fourth-order valence-electron chi connectivity index (χ4n) is 4.04. The van der Waals surface area contributed by atoms with Crippen LogP contribution in [0.1, 0.15) is 18.4 Å². The summed E-state index contributed by atoms with van der Waals surface area (Å²) in [5, 5.41) is 3.41. The Balaban J connectivity index is 1.42. The van der Waals surface area contributed by atoms with Crippen molar-refractivity contribution in [1.29, 1.82) is 0 Å². The molecule has 2 aromatic carbocycles. The Morgan fingerprint density at radius 1 is 1.20 bits per heavy atom. The zero-order valence-electron chi connectivity index (χ0n) is 20.0.